The van der Waals surface area contributed by atoms with Crippen LogP contribution < -0.4 is 10.5 Å². The van der Waals surface area contributed by atoms with E-state index in [2.05, 4.69) is 12.1 Å². The van der Waals surface area contributed by atoms with E-state index in [4.69, 9.17) is 15.2 Å². The van der Waals surface area contributed by atoms with Crippen LogP contribution in [0.4, 0.5) is 0 Å². The molecule has 2 rings (SSSR count). The van der Waals surface area contributed by atoms with E-state index in [0.29, 0.717) is 13.2 Å². The maximum absolute atomic E-state index is 6.08. The van der Waals surface area contributed by atoms with Crippen LogP contribution in [0.1, 0.15) is 36.8 Å². The molecule has 1 aromatic rings. The summed E-state index contributed by atoms with van der Waals surface area (Å²) in [6.45, 7) is 1.29. The van der Waals surface area contributed by atoms with Gasteiger partial charge in [-0.05, 0) is 24.5 Å². The summed E-state index contributed by atoms with van der Waals surface area (Å²) in [6, 6.07) is 6.25. The molecule has 1 aromatic carbocycles. The average molecular weight is 249 g/mol. The Balaban J connectivity index is 2.48. The molecule has 0 spiro atoms. The normalized spacial score (nSPS) is 17.9. The fraction of sp³-hybridized carbons (Fsp3) is 0.600. The van der Waals surface area contributed by atoms with Crippen molar-refractivity contribution in [1.29, 1.82) is 0 Å². The highest BCUT2D eigenvalue weighted by atomic mass is 16.5. The van der Waals surface area contributed by atoms with Gasteiger partial charge in [-0.1, -0.05) is 25.0 Å². The van der Waals surface area contributed by atoms with Crippen LogP contribution in [0.3, 0.4) is 0 Å². The van der Waals surface area contributed by atoms with Crippen LogP contribution in [0.2, 0.25) is 0 Å². The van der Waals surface area contributed by atoms with Crippen molar-refractivity contribution in [2.75, 3.05) is 20.8 Å². The van der Waals surface area contributed by atoms with Gasteiger partial charge in [0.2, 0.25) is 0 Å². The highest BCUT2D eigenvalue weighted by Crippen LogP contribution is 2.43. The van der Waals surface area contributed by atoms with Crippen LogP contribution in [0, 0.1) is 0 Å². The molecule has 0 aliphatic heterocycles. The number of methoxy groups -OCH3 is 2. The smallest absolute Gasteiger partial charge is 0.124 e. The predicted octanol–water partition coefficient (Wildman–Crippen LogP) is 2.61. The minimum atomic E-state index is 0.127. The van der Waals surface area contributed by atoms with E-state index >= 15 is 0 Å². The molecule has 1 aliphatic carbocycles. The summed E-state index contributed by atoms with van der Waals surface area (Å²) in [5.41, 5.74) is 8.69. The van der Waals surface area contributed by atoms with Crippen LogP contribution in [0.15, 0.2) is 18.2 Å². The topological polar surface area (TPSA) is 44.5 Å². The van der Waals surface area contributed by atoms with E-state index in [1.165, 1.54) is 31.2 Å². The second-order valence-electron chi connectivity index (χ2n) is 5.11. The Hall–Kier alpha value is -1.06. The number of ether oxygens (including phenoxy) is 2. The number of hydrogen-bond acceptors (Lipinski definition) is 3. The Kier molecular flexibility index (Phi) is 4.25. The molecule has 1 aliphatic rings. The molecule has 0 saturated heterocycles. The molecule has 1 fully saturated rings. The third-order valence-electron chi connectivity index (χ3n) is 4.16. The first-order valence-corrected chi connectivity index (χ1v) is 6.63. The number of hydrogen-bond donors (Lipinski definition) is 1. The van der Waals surface area contributed by atoms with Gasteiger partial charge >= 0.3 is 0 Å². The van der Waals surface area contributed by atoms with E-state index in [-0.39, 0.29) is 5.41 Å². The van der Waals surface area contributed by atoms with Crippen molar-refractivity contribution in [2.24, 2.45) is 5.73 Å². The van der Waals surface area contributed by atoms with Gasteiger partial charge in [-0.25, -0.2) is 0 Å². The summed E-state index contributed by atoms with van der Waals surface area (Å²) < 4.78 is 10.8. The number of benzene rings is 1. The lowest BCUT2D eigenvalue weighted by atomic mass is 9.76. The minimum Gasteiger partial charge on any atom is -0.496 e. The van der Waals surface area contributed by atoms with E-state index in [0.717, 1.165) is 11.3 Å². The van der Waals surface area contributed by atoms with Crippen LogP contribution in [0.5, 0.6) is 5.75 Å². The number of nitrogens with two attached hydrogens (primary N) is 1. The molecule has 0 atom stereocenters. The van der Waals surface area contributed by atoms with Crippen molar-refractivity contribution < 1.29 is 9.47 Å². The zero-order valence-corrected chi connectivity index (χ0v) is 11.4. The Bertz CT molecular complexity index is 397. The lowest BCUT2D eigenvalue weighted by molar-refractivity contribution is 0.179. The molecule has 18 heavy (non-hydrogen) atoms. The van der Waals surface area contributed by atoms with Gasteiger partial charge in [-0.3, -0.25) is 0 Å². The van der Waals surface area contributed by atoms with E-state index in [1.54, 1.807) is 14.2 Å². The Morgan fingerprint density at radius 2 is 1.94 bits per heavy atom. The van der Waals surface area contributed by atoms with Crippen molar-refractivity contribution >= 4 is 0 Å². The maximum atomic E-state index is 6.08. The Labute approximate surface area is 109 Å². The molecule has 1 saturated carbocycles. The first-order valence-electron chi connectivity index (χ1n) is 6.63. The standard InChI is InChI=1S/C15H23NO2/c1-17-10-12-13(6-5-7-14(12)18-2)15(11-16)8-3-4-9-15/h5-7H,3-4,8-11,16H2,1-2H3. The largest absolute Gasteiger partial charge is 0.496 e. The predicted molar refractivity (Wildman–Crippen MR) is 72.9 cm³/mol. The highest BCUT2D eigenvalue weighted by Gasteiger charge is 2.36. The molecule has 100 valence electrons. The molecule has 0 radical (unpaired) electrons. The molecule has 0 aromatic heterocycles. The van der Waals surface area contributed by atoms with Gasteiger partial charge in [-0.2, -0.15) is 0 Å². The Morgan fingerprint density at radius 1 is 1.22 bits per heavy atom. The molecule has 0 amide bonds. The first kappa shape index (κ1) is 13.4. The Morgan fingerprint density at radius 3 is 2.50 bits per heavy atom. The molecule has 0 heterocycles. The summed E-state index contributed by atoms with van der Waals surface area (Å²) in [5, 5.41) is 0. The molecule has 0 unspecified atom stereocenters. The lowest BCUT2D eigenvalue weighted by Crippen LogP contribution is -2.33. The lowest BCUT2D eigenvalue weighted by Gasteiger charge is -2.31. The van der Waals surface area contributed by atoms with Crippen molar-refractivity contribution in [2.45, 2.75) is 37.7 Å². The molecule has 3 nitrogen and oxygen atoms in total. The third kappa shape index (κ3) is 2.25. The second-order valence-corrected chi connectivity index (χ2v) is 5.11. The maximum Gasteiger partial charge on any atom is 0.124 e. The molecule has 0 bridgehead atoms. The van der Waals surface area contributed by atoms with Crippen LogP contribution in [-0.4, -0.2) is 20.8 Å². The molecule has 2 N–H and O–H groups in total. The summed E-state index contributed by atoms with van der Waals surface area (Å²) >= 11 is 0. The van der Waals surface area contributed by atoms with Gasteiger partial charge in [0.25, 0.3) is 0 Å². The SMILES string of the molecule is COCc1c(OC)cccc1C1(CN)CCCC1. The van der Waals surface area contributed by atoms with E-state index in [9.17, 15) is 0 Å². The zero-order valence-electron chi connectivity index (χ0n) is 11.4. The fourth-order valence-electron chi connectivity index (χ4n) is 3.18. The average Bonchev–Trinajstić information content (AvgIpc) is 2.89. The van der Waals surface area contributed by atoms with Gasteiger partial charge in [-0.15, -0.1) is 0 Å². The van der Waals surface area contributed by atoms with Crippen LogP contribution in [0.25, 0.3) is 0 Å². The van der Waals surface area contributed by atoms with Gasteiger partial charge in [0.05, 0.1) is 13.7 Å². The summed E-state index contributed by atoms with van der Waals surface area (Å²) in [7, 11) is 3.43. The van der Waals surface area contributed by atoms with Crippen molar-refractivity contribution in [3.63, 3.8) is 0 Å². The first-order chi connectivity index (χ1) is 8.77. The fourth-order valence-corrected chi connectivity index (χ4v) is 3.18. The van der Waals surface area contributed by atoms with Gasteiger partial charge in [0.15, 0.2) is 0 Å². The quantitative estimate of drug-likeness (QED) is 0.872. The van der Waals surface area contributed by atoms with Crippen molar-refractivity contribution in [1.82, 2.24) is 0 Å². The van der Waals surface area contributed by atoms with Crippen molar-refractivity contribution in [3.8, 4) is 5.75 Å². The third-order valence-corrected chi connectivity index (χ3v) is 4.16. The van der Waals surface area contributed by atoms with Gasteiger partial charge < -0.3 is 15.2 Å². The van der Waals surface area contributed by atoms with Crippen LogP contribution >= 0.6 is 0 Å². The van der Waals surface area contributed by atoms with Gasteiger partial charge in [0, 0.05) is 24.6 Å². The van der Waals surface area contributed by atoms with Crippen LogP contribution in [-0.2, 0) is 16.8 Å². The summed E-state index contributed by atoms with van der Waals surface area (Å²) in [4.78, 5) is 0. The molecular weight excluding hydrogens is 226 g/mol. The monoisotopic (exact) mass is 249 g/mol. The van der Waals surface area contributed by atoms with E-state index in [1.807, 2.05) is 6.07 Å². The zero-order chi connectivity index (χ0) is 13.0. The van der Waals surface area contributed by atoms with Gasteiger partial charge in [0.1, 0.15) is 5.75 Å². The summed E-state index contributed by atoms with van der Waals surface area (Å²) in [5.74, 6) is 0.911. The molecule has 3 heteroatoms. The number of rotatable bonds is 5. The van der Waals surface area contributed by atoms with Crippen molar-refractivity contribution in [3.05, 3.63) is 29.3 Å². The molecular formula is C15H23NO2. The highest BCUT2D eigenvalue weighted by molar-refractivity contribution is 5.44. The summed E-state index contributed by atoms with van der Waals surface area (Å²) in [6.07, 6.45) is 4.88. The second kappa shape index (κ2) is 5.72. The van der Waals surface area contributed by atoms with E-state index < -0.39 is 0 Å². The minimum absolute atomic E-state index is 0.127.